The Morgan fingerprint density at radius 1 is 1.30 bits per heavy atom. The van der Waals surface area contributed by atoms with Crippen molar-refractivity contribution in [3.05, 3.63) is 28.8 Å². The number of rotatable bonds is 3. The molecule has 1 aliphatic carbocycles. The lowest BCUT2D eigenvalue weighted by atomic mass is 9.92. The lowest BCUT2D eigenvalue weighted by Crippen LogP contribution is -2.31. The Balaban J connectivity index is 2.06. The van der Waals surface area contributed by atoms with Gasteiger partial charge in [0.1, 0.15) is 0 Å². The molecule has 0 radical (unpaired) electrons. The molecule has 20 heavy (non-hydrogen) atoms. The molecule has 0 amide bonds. The van der Waals surface area contributed by atoms with Gasteiger partial charge >= 0.3 is 6.18 Å². The summed E-state index contributed by atoms with van der Waals surface area (Å²) in [5, 5.41) is 3.31. The molecule has 0 spiro atoms. The molecule has 2 nitrogen and oxygen atoms in total. The molecule has 1 N–H and O–H groups in total. The van der Waals surface area contributed by atoms with Gasteiger partial charge in [0.15, 0.2) is 0 Å². The van der Waals surface area contributed by atoms with Gasteiger partial charge < -0.3 is 10.1 Å². The normalized spacial score (nSPS) is 23.6. The lowest BCUT2D eigenvalue weighted by molar-refractivity contribution is -0.137. The van der Waals surface area contributed by atoms with Crippen LogP contribution in [-0.2, 0) is 10.9 Å². The van der Waals surface area contributed by atoms with Crippen LogP contribution >= 0.6 is 11.6 Å². The van der Waals surface area contributed by atoms with Gasteiger partial charge in [0.05, 0.1) is 22.4 Å². The second-order valence-corrected chi connectivity index (χ2v) is 5.47. The molecule has 1 fully saturated rings. The summed E-state index contributed by atoms with van der Waals surface area (Å²) in [4.78, 5) is 0. The molecule has 6 heteroatoms. The van der Waals surface area contributed by atoms with Crippen molar-refractivity contribution in [2.45, 2.75) is 44.0 Å². The van der Waals surface area contributed by atoms with Crippen LogP contribution in [0.4, 0.5) is 18.9 Å². The number of alkyl halides is 3. The van der Waals surface area contributed by atoms with E-state index >= 15 is 0 Å². The molecule has 0 saturated heterocycles. The molecule has 0 aromatic heterocycles. The minimum absolute atomic E-state index is 0.0966. The number of anilines is 1. The van der Waals surface area contributed by atoms with E-state index < -0.39 is 11.7 Å². The third-order valence-electron chi connectivity index (χ3n) is 3.62. The molecule has 0 aliphatic heterocycles. The number of nitrogens with one attached hydrogen (secondary N) is 1. The van der Waals surface area contributed by atoms with Crippen molar-refractivity contribution in [2.24, 2.45) is 0 Å². The molecule has 1 aromatic rings. The highest BCUT2D eigenvalue weighted by Gasteiger charge is 2.31. The first-order valence-corrected chi connectivity index (χ1v) is 6.94. The van der Waals surface area contributed by atoms with Gasteiger partial charge in [0, 0.05) is 13.2 Å². The van der Waals surface area contributed by atoms with E-state index in [1.165, 1.54) is 6.07 Å². The van der Waals surface area contributed by atoms with Gasteiger partial charge in [-0.25, -0.2) is 0 Å². The van der Waals surface area contributed by atoms with Gasteiger partial charge in [0.25, 0.3) is 0 Å². The molecule has 0 bridgehead atoms. The fraction of sp³-hybridized carbons (Fsp3) is 0.571. The molecule has 1 aromatic carbocycles. The maximum atomic E-state index is 12.6. The SMILES string of the molecule is COC1CCCC(Nc2ccc(C(F)(F)F)cc2Cl)C1. The fourth-order valence-corrected chi connectivity index (χ4v) is 2.75. The van der Waals surface area contributed by atoms with E-state index in [1.807, 2.05) is 0 Å². The highest BCUT2D eigenvalue weighted by atomic mass is 35.5. The Labute approximate surface area is 121 Å². The molecular weight excluding hydrogens is 291 g/mol. The van der Waals surface area contributed by atoms with E-state index in [0.717, 1.165) is 37.8 Å². The molecule has 2 atom stereocenters. The van der Waals surface area contributed by atoms with Gasteiger partial charge in [-0.3, -0.25) is 0 Å². The molecule has 2 rings (SSSR count). The van der Waals surface area contributed by atoms with Crippen LogP contribution in [0.15, 0.2) is 18.2 Å². The van der Waals surface area contributed by atoms with Gasteiger partial charge in [-0.15, -0.1) is 0 Å². The topological polar surface area (TPSA) is 21.3 Å². The Hall–Kier alpha value is -0.940. The maximum absolute atomic E-state index is 12.6. The summed E-state index contributed by atoms with van der Waals surface area (Å²) in [5.41, 5.74) is -0.187. The van der Waals surface area contributed by atoms with Crippen molar-refractivity contribution in [2.75, 3.05) is 12.4 Å². The van der Waals surface area contributed by atoms with Crippen molar-refractivity contribution in [3.8, 4) is 0 Å². The summed E-state index contributed by atoms with van der Waals surface area (Å²) in [6.45, 7) is 0. The molecular formula is C14H17ClF3NO. The van der Waals surface area contributed by atoms with E-state index in [9.17, 15) is 13.2 Å². The predicted octanol–water partition coefficient (Wildman–Crippen LogP) is 4.73. The molecule has 1 saturated carbocycles. The summed E-state index contributed by atoms with van der Waals surface area (Å²) in [6.07, 6.45) is -0.294. The van der Waals surface area contributed by atoms with Crippen LogP contribution in [0.1, 0.15) is 31.2 Å². The highest BCUT2D eigenvalue weighted by Crippen LogP contribution is 2.34. The molecule has 1 aliphatic rings. The first-order chi connectivity index (χ1) is 9.40. The average Bonchev–Trinajstić information content (AvgIpc) is 2.40. The first kappa shape index (κ1) is 15.4. The van der Waals surface area contributed by atoms with Gasteiger partial charge in [-0.2, -0.15) is 13.2 Å². The zero-order valence-electron chi connectivity index (χ0n) is 11.1. The van der Waals surface area contributed by atoms with Crippen LogP contribution in [0.3, 0.4) is 0 Å². The quantitative estimate of drug-likeness (QED) is 0.871. The number of methoxy groups -OCH3 is 1. The second-order valence-electron chi connectivity index (χ2n) is 5.06. The van der Waals surface area contributed by atoms with Crippen molar-refractivity contribution in [3.63, 3.8) is 0 Å². The van der Waals surface area contributed by atoms with Crippen LogP contribution in [0.25, 0.3) is 0 Å². The van der Waals surface area contributed by atoms with Crippen LogP contribution in [0.2, 0.25) is 5.02 Å². The average molecular weight is 308 g/mol. The summed E-state index contributed by atoms with van der Waals surface area (Å²) in [5.74, 6) is 0. The zero-order chi connectivity index (χ0) is 14.8. The second kappa shape index (κ2) is 6.22. The molecule has 0 heterocycles. The number of hydrogen-bond acceptors (Lipinski definition) is 2. The molecule has 112 valence electrons. The summed E-state index contributed by atoms with van der Waals surface area (Å²) >= 11 is 5.93. The largest absolute Gasteiger partial charge is 0.416 e. The van der Waals surface area contributed by atoms with Crippen LogP contribution in [0, 0.1) is 0 Å². The lowest BCUT2D eigenvalue weighted by Gasteiger charge is -2.29. The van der Waals surface area contributed by atoms with E-state index in [2.05, 4.69) is 5.32 Å². The van der Waals surface area contributed by atoms with E-state index in [-0.39, 0.29) is 17.2 Å². The first-order valence-electron chi connectivity index (χ1n) is 6.56. The van der Waals surface area contributed by atoms with Crippen LogP contribution in [-0.4, -0.2) is 19.3 Å². The number of hydrogen-bond donors (Lipinski definition) is 1. The zero-order valence-corrected chi connectivity index (χ0v) is 11.9. The number of ether oxygens (including phenoxy) is 1. The Morgan fingerprint density at radius 3 is 2.65 bits per heavy atom. The van der Waals surface area contributed by atoms with E-state index in [1.54, 1.807) is 7.11 Å². The Kier molecular flexibility index (Phi) is 4.81. The summed E-state index contributed by atoms with van der Waals surface area (Å²) < 4.78 is 43.0. The minimum atomic E-state index is -4.37. The fourth-order valence-electron chi connectivity index (χ4n) is 2.52. The highest BCUT2D eigenvalue weighted by molar-refractivity contribution is 6.33. The van der Waals surface area contributed by atoms with Crippen molar-refractivity contribution < 1.29 is 17.9 Å². The third kappa shape index (κ3) is 3.79. The standard InChI is InChI=1S/C14H17ClF3NO/c1-20-11-4-2-3-10(8-11)19-13-6-5-9(7-12(13)15)14(16,17)18/h5-7,10-11,19H,2-4,8H2,1H3. The van der Waals surface area contributed by atoms with Crippen LogP contribution in [0.5, 0.6) is 0 Å². The smallest absolute Gasteiger partial charge is 0.381 e. The van der Waals surface area contributed by atoms with E-state index in [4.69, 9.17) is 16.3 Å². The maximum Gasteiger partial charge on any atom is 0.416 e. The number of halogens is 4. The van der Waals surface area contributed by atoms with Gasteiger partial charge in [0.2, 0.25) is 0 Å². The van der Waals surface area contributed by atoms with Crippen molar-refractivity contribution in [1.82, 2.24) is 0 Å². The van der Waals surface area contributed by atoms with Crippen molar-refractivity contribution >= 4 is 17.3 Å². The van der Waals surface area contributed by atoms with Gasteiger partial charge in [-0.05, 0) is 43.9 Å². The van der Waals surface area contributed by atoms with Crippen LogP contribution < -0.4 is 5.32 Å². The Bertz CT molecular complexity index is 464. The van der Waals surface area contributed by atoms with Gasteiger partial charge in [-0.1, -0.05) is 11.6 Å². The summed E-state index contributed by atoms with van der Waals surface area (Å²) in [6, 6.07) is 3.58. The minimum Gasteiger partial charge on any atom is -0.381 e. The number of benzene rings is 1. The van der Waals surface area contributed by atoms with Crippen molar-refractivity contribution in [1.29, 1.82) is 0 Å². The predicted molar refractivity (Wildman–Crippen MR) is 73.1 cm³/mol. The third-order valence-corrected chi connectivity index (χ3v) is 3.93. The van der Waals surface area contributed by atoms with E-state index in [0.29, 0.717) is 5.69 Å². The molecule has 2 unspecified atom stereocenters. The Morgan fingerprint density at radius 2 is 2.05 bits per heavy atom. The summed E-state index contributed by atoms with van der Waals surface area (Å²) in [7, 11) is 1.68. The monoisotopic (exact) mass is 307 g/mol.